The Labute approximate surface area is 162 Å². The minimum atomic E-state index is -0.0990. The molecule has 1 saturated heterocycles. The number of amides is 1. The highest BCUT2D eigenvalue weighted by molar-refractivity contribution is 5.95. The van der Waals surface area contributed by atoms with Crippen molar-refractivity contribution in [3.63, 3.8) is 0 Å². The van der Waals surface area contributed by atoms with Gasteiger partial charge in [0.2, 0.25) is 0 Å². The molecule has 3 aromatic rings. The lowest BCUT2D eigenvalue weighted by Crippen LogP contribution is -2.35. The average Bonchev–Trinajstić information content (AvgIpc) is 3.38. The molecule has 28 heavy (non-hydrogen) atoms. The summed E-state index contributed by atoms with van der Waals surface area (Å²) in [5.41, 5.74) is 1.43. The highest BCUT2D eigenvalue weighted by atomic mass is 16.5. The molecule has 2 aromatic heterocycles. The number of likely N-dealkylation sites (tertiary alicyclic amines) is 1. The number of hydrogen-bond acceptors (Lipinski definition) is 5. The van der Waals surface area contributed by atoms with Crippen LogP contribution >= 0.6 is 0 Å². The fourth-order valence-corrected chi connectivity index (χ4v) is 3.59. The Morgan fingerprint density at radius 3 is 2.75 bits per heavy atom. The van der Waals surface area contributed by atoms with Crippen molar-refractivity contribution in [3.8, 4) is 5.75 Å². The fourth-order valence-electron chi connectivity index (χ4n) is 3.59. The molecule has 0 aliphatic carbocycles. The highest BCUT2D eigenvalue weighted by Crippen LogP contribution is 2.31. The summed E-state index contributed by atoms with van der Waals surface area (Å²) < 4.78 is 7.59. The van der Waals surface area contributed by atoms with E-state index < -0.39 is 0 Å². The largest absolute Gasteiger partial charge is 0.484 e. The molecule has 1 aliphatic rings. The first-order valence-corrected chi connectivity index (χ1v) is 9.52. The van der Waals surface area contributed by atoms with Gasteiger partial charge in [-0.15, -0.1) is 10.2 Å². The van der Waals surface area contributed by atoms with Crippen LogP contribution in [0.25, 0.3) is 5.65 Å². The Bertz CT molecular complexity index is 996. The maximum absolute atomic E-state index is 12.8. The number of pyridine rings is 1. The van der Waals surface area contributed by atoms with Gasteiger partial charge in [0, 0.05) is 24.7 Å². The summed E-state index contributed by atoms with van der Waals surface area (Å²) >= 11 is 0. The summed E-state index contributed by atoms with van der Waals surface area (Å²) in [6.45, 7) is 2.46. The standard InChI is InChI=1S/C21H22N4O3/c1-2-18(26)15-8-10-16(11-9-15)28-14-20(27)24-13-5-6-17(24)21-23-22-19-7-3-4-12-25(19)21/h3-4,7-12,17H,2,5-6,13-14H2,1H3/t17-/m0/s1. The van der Waals surface area contributed by atoms with Crippen LogP contribution in [-0.2, 0) is 4.79 Å². The molecule has 1 fully saturated rings. The molecule has 0 bridgehead atoms. The van der Waals surface area contributed by atoms with Gasteiger partial charge in [-0.05, 0) is 49.2 Å². The SMILES string of the molecule is CCC(=O)c1ccc(OCC(=O)N2CCC[C@H]2c2nnc3ccccn23)cc1. The molecular formula is C21H22N4O3. The van der Waals surface area contributed by atoms with Crippen LogP contribution in [0.1, 0.15) is 48.4 Å². The van der Waals surface area contributed by atoms with Gasteiger partial charge in [0.25, 0.3) is 5.91 Å². The first-order valence-electron chi connectivity index (χ1n) is 9.52. The third-order valence-electron chi connectivity index (χ3n) is 5.07. The van der Waals surface area contributed by atoms with Crippen molar-refractivity contribution in [2.24, 2.45) is 0 Å². The number of Topliss-reactive ketones (excluding diaryl/α,β-unsaturated/α-hetero) is 1. The lowest BCUT2D eigenvalue weighted by Gasteiger charge is -2.23. The van der Waals surface area contributed by atoms with E-state index in [0.717, 1.165) is 24.3 Å². The van der Waals surface area contributed by atoms with E-state index in [1.54, 1.807) is 24.3 Å². The summed E-state index contributed by atoms with van der Waals surface area (Å²) in [6, 6.07) is 12.5. The lowest BCUT2D eigenvalue weighted by atomic mass is 10.1. The second-order valence-corrected chi connectivity index (χ2v) is 6.82. The number of ether oxygens (including phenoxy) is 1. The van der Waals surface area contributed by atoms with E-state index in [0.29, 0.717) is 24.3 Å². The Morgan fingerprint density at radius 2 is 1.96 bits per heavy atom. The summed E-state index contributed by atoms with van der Waals surface area (Å²) in [4.78, 5) is 26.3. The highest BCUT2D eigenvalue weighted by Gasteiger charge is 2.33. The molecular weight excluding hydrogens is 356 g/mol. The maximum atomic E-state index is 12.8. The quantitative estimate of drug-likeness (QED) is 0.616. The van der Waals surface area contributed by atoms with Crippen LogP contribution in [0.4, 0.5) is 0 Å². The van der Waals surface area contributed by atoms with Crippen LogP contribution in [0.2, 0.25) is 0 Å². The number of rotatable bonds is 6. The van der Waals surface area contributed by atoms with Crippen molar-refractivity contribution in [3.05, 3.63) is 60.0 Å². The third kappa shape index (κ3) is 3.47. The van der Waals surface area contributed by atoms with E-state index in [4.69, 9.17) is 4.74 Å². The monoisotopic (exact) mass is 378 g/mol. The lowest BCUT2D eigenvalue weighted by molar-refractivity contribution is -0.134. The smallest absolute Gasteiger partial charge is 0.261 e. The predicted octanol–water partition coefficient (Wildman–Crippen LogP) is 3.06. The molecule has 7 nitrogen and oxygen atoms in total. The molecule has 1 aromatic carbocycles. The van der Waals surface area contributed by atoms with Gasteiger partial charge in [-0.25, -0.2) is 0 Å². The molecule has 0 spiro atoms. The molecule has 7 heteroatoms. The zero-order valence-electron chi connectivity index (χ0n) is 15.7. The number of carbonyl (C=O) groups is 2. The van der Waals surface area contributed by atoms with Crippen LogP contribution < -0.4 is 4.74 Å². The van der Waals surface area contributed by atoms with Gasteiger partial charge >= 0.3 is 0 Å². The van der Waals surface area contributed by atoms with E-state index in [1.807, 2.05) is 40.6 Å². The van der Waals surface area contributed by atoms with Gasteiger partial charge in [-0.2, -0.15) is 0 Å². The van der Waals surface area contributed by atoms with Gasteiger partial charge in [0.15, 0.2) is 23.9 Å². The minimum absolute atomic E-state index is 0.0473. The van der Waals surface area contributed by atoms with E-state index in [-0.39, 0.29) is 24.3 Å². The second kappa shape index (κ2) is 7.80. The van der Waals surface area contributed by atoms with Gasteiger partial charge in [0.1, 0.15) is 5.75 Å². The number of carbonyl (C=O) groups excluding carboxylic acids is 2. The molecule has 1 atom stereocenters. The average molecular weight is 378 g/mol. The minimum Gasteiger partial charge on any atom is -0.484 e. The Morgan fingerprint density at radius 1 is 1.14 bits per heavy atom. The number of benzene rings is 1. The zero-order chi connectivity index (χ0) is 19.5. The van der Waals surface area contributed by atoms with Crippen LogP contribution in [-0.4, -0.2) is 44.3 Å². The van der Waals surface area contributed by atoms with Crippen molar-refractivity contribution in [1.29, 1.82) is 0 Å². The summed E-state index contributed by atoms with van der Waals surface area (Å²) in [5, 5.41) is 8.51. The molecule has 1 amide bonds. The van der Waals surface area contributed by atoms with Gasteiger partial charge < -0.3 is 9.64 Å². The second-order valence-electron chi connectivity index (χ2n) is 6.82. The molecule has 1 aliphatic heterocycles. The molecule has 3 heterocycles. The first kappa shape index (κ1) is 18.2. The van der Waals surface area contributed by atoms with E-state index in [9.17, 15) is 9.59 Å². The Hall–Kier alpha value is -3.22. The molecule has 0 N–H and O–H groups in total. The number of fused-ring (bicyclic) bond motifs is 1. The maximum Gasteiger partial charge on any atom is 0.261 e. The molecule has 0 saturated carbocycles. The van der Waals surface area contributed by atoms with Crippen molar-refractivity contribution in [1.82, 2.24) is 19.5 Å². The summed E-state index contributed by atoms with van der Waals surface area (Å²) in [6.07, 6.45) is 4.16. The molecule has 0 unspecified atom stereocenters. The number of aromatic nitrogens is 3. The predicted molar refractivity (Wildman–Crippen MR) is 103 cm³/mol. The van der Waals surface area contributed by atoms with Crippen LogP contribution in [0.3, 0.4) is 0 Å². The number of hydrogen-bond donors (Lipinski definition) is 0. The first-order chi connectivity index (χ1) is 13.7. The Balaban J connectivity index is 1.43. The van der Waals surface area contributed by atoms with Crippen molar-refractivity contribution < 1.29 is 14.3 Å². The normalized spacial score (nSPS) is 16.5. The number of ketones is 1. The number of nitrogens with zero attached hydrogens (tertiary/aromatic N) is 4. The van der Waals surface area contributed by atoms with Crippen molar-refractivity contribution in [2.75, 3.05) is 13.2 Å². The third-order valence-corrected chi connectivity index (χ3v) is 5.07. The van der Waals surface area contributed by atoms with Crippen LogP contribution in [0, 0.1) is 0 Å². The molecule has 144 valence electrons. The van der Waals surface area contributed by atoms with Crippen molar-refractivity contribution >= 4 is 17.3 Å². The van der Waals surface area contributed by atoms with Crippen LogP contribution in [0.15, 0.2) is 48.7 Å². The van der Waals surface area contributed by atoms with Crippen LogP contribution in [0.5, 0.6) is 5.75 Å². The van der Waals surface area contributed by atoms with E-state index in [1.165, 1.54) is 0 Å². The molecule has 4 rings (SSSR count). The zero-order valence-corrected chi connectivity index (χ0v) is 15.7. The summed E-state index contributed by atoms with van der Waals surface area (Å²) in [5.74, 6) is 1.36. The fraction of sp³-hybridized carbons (Fsp3) is 0.333. The van der Waals surface area contributed by atoms with E-state index >= 15 is 0 Å². The molecule has 0 radical (unpaired) electrons. The summed E-state index contributed by atoms with van der Waals surface area (Å²) in [7, 11) is 0. The topological polar surface area (TPSA) is 76.8 Å². The van der Waals surface area contributed by atoms with Crippen molar-refractivity contribution in [2.45, 2.75) is 32.2 Å². The van der Waals surface area contributed by atoms with E-state index in [2.05, 4.69) is 10.2 Å². The van der Waals surface area contributed by atoms with Gasteiger partial charge in [-0.3, -0.25) is 14.0 Å². The van der Waals surface area contributed by atoms with Gasteiger partial charge in [-0.1, -0.05) is 13.0 Å². The van der Waals surface area contributed by atoms with Gasteiger partial charge in [0.05, 0.1) is 6.04 Å². The Kier molecular flexibility index (Phi) is 5.06.